The molecule has 2 aliphatic carbocycles. The quantitative estimate of drug-likeness (QED) is 0.638. The maximum absolute atomic E-state index is 10.8. The zero-order valence-electron chi connectivity index (χ0n) is 8.36. The van der Waals surface area contributed by atoms with Crippen molar-refractivity contribution in [1.82, 2.24) is 0 Å². The molecule has 2 bridgehead atoms. The Kier molecular flexibility index (Phi) is 2.38. The highest BCUT2D eigenvalue weighted by atomic mass is 16.1. The van der Waals surface area contributed by atoms with Gasteiger partial charge >= 0.3 is 0 Å². The SMILES string of the molecule is CC1=C(C=O)C=CC2C=C1CC[C@@H]2N. The Labute approximate surface area is 84.2 Å². The van der Waals surface area contributed by atoms with E-state index in [-0.39, 0.29) is 6.04 Å². The number of allylic oxidation sites excluding steroid dienone is 4. The third kappa shape index (κ3) is 1.46. The maximum Gasteiger partial charge on any atom is 0.150 e. The van der Waals surface area contributed by atoms with Crippen molar-refractivity contribution >= 4 is 6.29 Å². The molecule has 14 heavy (non-hydrogen) atoms. The van der Waals surface area contributed by atoms with Gasteiger partial charge in [-0.3, -0.25) is 4.79 Å². The van der Waals surface area contributed by atoms with Crippen molar-refractivity contribution in [2.45, 2.75) is 25.8 Å². The number of fused-ring (bicyclic) bond motifs is 1. The molecule has 74 valence electrons. The van der Waals surface area contributed by atoms with Gasteiger partial charge in [-0.1, -0.05) is 18.2 Å². The molecular weight excluding hydrogens is 174 g/mol. The highest BCUT2D eigenvalue weighted by molar-refractivity contribution is 5.80. The largest absolute Gasteiger partial charge is 0.327 e. The molecule has 0 aromatic heterocycles. The molecule has 0 aliphatic heterocycles. The van der Waals surface area contributed by atoms with Crippen molar-refractivity contribution in [1.29, 1.82) is 0 Å². The second-order valence-electron chi connectivity index (χ2n) is 4.03. The molecule has 2 nitrogen and oxygen atoms in total. The molecule has 0 spiro atoms. The summed E-state index contributed by atoms with van der Waals surface area (Å²) < 4.78 is 0. The molecule has 0 aromatic rings. The second-order valence-corrected chi connectivity index (χ2v) is 4.03. The summed E-state index contributed by atoms with van der Waals surface area (Å²) in [4.78, 5) is 10.8. The minimum atomic E-state index is 0.216. The number of hydrogen-bond acceptors (Lipinski definition) is 2. The van der Waals surface area contributed by atoms with E-state index in [1.165, 1.54) is 5.57 Å². The van der Waals surface area contributed by atoms with E-state index in [2.05, 4.69) is 6.08 Å². The Hall–Kier alpha value is -1.15. The zero-order valence-corrected chi connectivity index (χ0v) is 8.36. The van der Waals surface area contributed by atoms with Crippen LogP contribution in [0, 0.1) is 5.92 Å². The predicted octanol–water partition coefficient (Wildman–Crippen LogP) is 1.74. The van der Waals surface area contributed by atoms with Crippen molar-refractivity contribution in [2.24, 2.45) is 11.7 Å². The van der Waals surface area contributed by atoms with Gasteiger partial charge in [-0.2, -0.15) is 0 Å². The van der Waals surface area contributed by atoms with Gasteiger partial charge in [0.15, 0.2) is 0 Å². The molecule has 0 fully saturated rings. The molecule has 0 aromatic carbocycles. The summed E-state index contributed by atoms with van der Waals surface area (Å²) in [5, 5.41) is 0. The third-order valence-electron chi connectivity index (χ3n) is 3.17. The lowest BCUT2D eigenvalue weighted by Gasteiger charge is -2.24. The summed E-state index contributed by atoms with van der Waals surface area (Å²) in [6, 6.07) is 0.216. The first-order valence-corrected chi connectivity index (χ1v) is 5.03. The van der Waals surface area contributed by atoms with Crippen molar-refractivity contribution < 1.29 is 4.79 Å². The van der Waals surface area contributed by atoms with Crippen LogP contribution < -0.4 is 5.73 Å². The van der Waals surface area contributed by atoms with E-state index < -0.39 is 0 Å². The summed E-state index contributed by atoms with van der Waals surface area (Å²) >= 11 is 0. The van der Waals surface area contributed by atoms with E-state index in [1.807, 2.05) is 19.1 Å². The molecule has 0 saturated carbocycles. The van der Waals surface area contributed by atoms with Crippen LogP contribution in [0.4, 0.5) is 0 Å². The molecule has 2 atom stereocenters. The van der Waals surface area contributed by atoms with E-state index >= 15 is 0 Å². The molecule has 2 heteroatoms. The monoisotopic (exact) mass is 189 g/mol. The van der Waals surface area contributed by atoms with Crippen molar-refractivity contribution in [3.63, 3.8) is 0 Å². The molecule has 0 amide bonds. The fraction of sp³-hybridized carbons (Fsp3) is 0.417. The summed E-state index contributed by atoms with van der Waals surface area (Å²) in [5.41, 5.74) is 9.20. The zero-order chi connectivity index (χ0) is 10.1. The number of aldehydes is 1. The van der Waals surface area contributed by atoms with Crippen LogP contribution in [0.5, 0.6) is 0 Å². The average Bonchev–Trinajstić information content (AvgIpc) is 2.32. The van der Waals surface area contributed by atoms with Gasteiger partial charge in [0.1, 0.15) is 6.29 Å². The van der Waals surface area contributed by atoms with Crippen molar-refractivity contribution in [2.75, 3.05) is 0 Å². The Morgan fingerprint density at radius 2 is 2.36 bits per heavy atom. The number of carbonyl (C=O) groups is 1. The summed E-state index contributed by atoms with van der Waals surface area (Å²) in [6.07, 6.45) is 9.11. The highest BCUT2D eigenvalue weighted by Crippen LogP contribution is 2.31. The minimum Gasteiger partial charge on any atom is -0.327 e. The Bertz CT molecular complexity index is 349. The Morgan fingerprint density at radius 1 is 1.57 bits per heavy atom. The fourth-order valence-corrected chi connectivity index (χ4v) is 2.12. The molecule has 0 saturated heterocycles. The number of rotatable bonds is 1. The van der Waals surface area contributed by atoms with Gasteiger partial charge < -0.3 is 5.73 Å². The first kappa shape index (κ1) is 9.41. The molecule has 0 heterocycles. The normalized spacial score (nSPS) is 31.1. The van der Waals surface area contributed by atoms with Crippen LogP contribution in [0.3, 0.4) is 0 Å². The lowest BCUT2D eigenvalue weighted by molar-refractivity contribution is -0.104. The number of carbonyl (C=O) groups excluding carboxylic acids is 1. The third-order valence-corrected chi connectivity index (χ3v) is 3.17. The molecule has 2 N–H and O–H groups in total. The summed E-state index contributed by atoms with van der Waals surface area (Å²) in [7, 11) is 0. The first-order valence-electron chi connectivity index (χ1n) is 5.03. The summed E-state index contributed by atoms with van der Waals surface area (Å²) in [5.74, 6) is 0.311. The Balaban J connectivity index is 2.44. The van der Waals surface area contributed by atoms with Gasteiger partial charge in [-0.15, -0.1) is 0 Å². The van der Waals surface area contributed by atoms with Crippen LogP contribution in [-0.4, -0.2) is 12.3 Å². The Morgan fingerprint density at radius 3 is 3.07 bits per heavy atom. The number of nitrogens with two attached hydrogens (primary N) is 1. The van der Waals surface area contributed by atoms with Crippen LogP contribution in [0.2, 0.25) is 0 Å². The average molecular weight is 189 g/mol. The van der Waals surface area contributed by atoms with Crippen LogP contribution in [0.25, 0.3) is 0 Å². The second kappa shape index (κ2) is 3.54. The van der Waals surface area contributed by atoms with Crippen LogP contribution >= 0.6 is 0 Å². The van der Waals surface area contributed by atoms with Crippen LogP contribution in [0.15, 0.2) is 34.9 Å². The van der Waals surface area contributed by atoms with E-state index in [0.717, 1.165) is 30.3 Å². The molecule has 2 aliphatic rings. The van der Waals surface area contributed by atoms with E-state index in [4.69, 9.17) is 5.73 Å². The van der Waals surface area contributed by atoms with Crippen molar-refractivity contribution in [3.05, 3.63) is 34.9 Å². The maximum atomic E-state index is 10.8. The highest BCUT2D eigenvalue weighted by Gasteiger charge is 2.22. The van der Waals surface area contributed by atoms with Crippen LogP contribution in [-0.2, 0) is 4.79 Å². The molecular formula is C12H15NO. The van der Waals surface area contributed by atoms with E-state index in [1.54, 1.807) is 0 Å². The van der Waals surface area contributed by atoms with Gasteiger partial charge in [0.25, 0.3) is 0 Å². The van der Waals surface area contributed by atoms with E-state index in [9.17, 15) is 4.79 Å². The van der Waals surface area contributed by atoms with Gasteiger partial charge in [0, 0.05) is 17.5 Å². The van der Waals surface area contributed by atoms with Gasteiger partial charge in [0.2, 0.25) is 0 Å². The smallest absolute Gasteiger partial charge is 0.150 e. The lowest BCUT2D eigenvalue weighted by atomic mass is 9.85. The minimum absolute atomic E-state index is 0.216. The number of hydrogen-bond donors (Lipinski definition) is 1. The predicted molar refractivity (Wildman–Crippen MR) is 56.7 cm³/mol. The van der Waals surface area contributed by atoms with Gasteiger partial charge in [-0.25, -0.2) is 0 Å². The standard InChI is InChI=1S/C12H15NO/c1-8-9-4-5-12(13)10(6-9)2-3-11(8)7-14/h2-3,6-7,10,12H,4-5,13H2,1H3/t10?,12-/m0/s1. The molecule has 2 rings (SSSR count). The van der Waals surface area contributed by atoms with Gasteiger partial charge in [0.05, 0.1) is 0 Å². The topological polar surface area (TPSA) is 43.1 Å². The first-order chi connectivity index (χ1) is 6.72. The molecule has 0 radical (unpaired) electrons. The van der Waals surface area contributed by atoms with Crippen LogP contribution in [0.1, 0.15) is 19.8 Å². The summed E-state index contributed by atoms with van der Waals surface area (Å²) in [6.45, 7) is 2.01. The van der Waals surface area contributed by atoms with Gasteiger partial charge in [-0.05, 0) is 30.9 Å². The van der Waals surface area contributed by atoms with E-state index in [0.29, 0.717) is 5.92 Å². The fourth-order valence-electron chi connectivity index (χ4n) is 2.12. The molecule has 1 unspecified atom stereocenters. The lowest BCUT2D eigenvalue weighted by Crippen LogP contribution is -2.30. The van der Waals surface area contributed by atoms with Crippen molar-refractivity contribution in [3.8, 4) is 0 Å².